The number of carbonyl (C=O) groups is 2. The maximum atomic E-state index is 14.4. The van der Waals surface area contributed by atoms with Crippen LogP contribution in [0.15, 0.2) is 77.7 Å². The van der Waals surface area contributed by atoms with E-state index in [0.29, 0.717) is 22.8 Å². The molecule has 1 fully saturated rings. The molecule has 3 aromatic carbocycles. The Kier molecular flexibility index (Phi) is 11.5. The number of amides is 2. The van der Waals surface area contributed by atoms with Crippen molar-refractivity contribution >= 4 is 39.1 Å². The minimum Gasteiger partial charge on any atom is -0.497 e. The van der Waals surface area contributed by atoms with E-state index in [-0.39, 0.29) is 34.8 Å². The number of ether oxygens (including phenoxy) is 2. The Hall–Kier alpha value is -3.76. The highest BCUT2D eigenvalue weighted by Crippen LogP contribution is 2.36. The Balaban J connectivity index is 1.77. The topological polar surface area (TPSA) is 105 Å². The van der Waals surface area contributed by atoms with Crippen LogP contribution in [0.2, 0.25) is 5.02 Å². The highest BCUT2D eigenvalue weighted by molar-refractivity contribution is 7.92. The molecule has 0 aromatic heterocycles. The molecule has 9 nitrogen and oxygen atoms in total. The summed E-state index contributed by atoms with van der Waals surface area (Å²) >= 11 is 6.51. The van der Waals surface area contributed by atoms with Crippen LogP contribution >= 0.6 is 11.6 Å². The van der Waals surface area contributed by atoms with Crippen LogP contribution in [0.3, 0.4) is 0 Å². The number of nitrogens with zero attached hydrogens (tertiary/aromatic N) is 2. The Morgan fingerprint density at radius 3 is 2.27 bits per heavy atom. The van der Waals surface area contributed by atoms with Crippen LogP contribution in [0.25, 0.3) is 0 Å². The lowest BCUT2D eigenvalue weighted by Crippen LogP contribution is -2.54. The molecule has 4 rings (SSSR count). The maximum Gasteiger partial charge on any atom is 0.264 e. The minimum absolute atomic E-state index is 0.00240. The molecule has 0 bridgehead atoms. The molecule has 2 amide bonds. The molecule has 1 atom stereocenters. The van der Waals surface area contributed by atoms with Crippen LogP contribution in [0.4, 0.5) is 5.69 Å². The second kappa shape index (κ2) is 15.3. The summed E-state index contributed by atoms with van der Waals surface area (Å²) in [7, 11) is -1.38. The molecule has 1 aliphatic carbocycles. The van der Waals surface area contributed by atoms with Gasteiger partial charge in [0, 0.05) is 23.7 Å². The number of halogens is 1. The van der Waals surface area contributed by atoms with E-state index in [1.165, 1.54) is 37.3 Å². The second-order valence-electron chi connectivity index (χ2n) is 10.7. The fourth-order valence-corrected chi connectivity index (χ4v) is 7.13. The molecule has 11 heteroatoms. The van der Waals surface area contributed by atoms with Crippen molar-refractivity contribution in [1.29, 1.82) is 0 Å². The third-order valence-electron chi connectivity index (χ3n) is 7.90. The van der Waals surface area contributed by atoms with Gasteiger partial charge in [-0.25, -0.2) is 8.42 Å². The minimum atomic E-state index is -4.27. The van der Waals surface area contributed by atoms with E-state index >= 15 is 0 Å². The van der Waals surface area contributed by atoms with Gasteiger partial charge in [0.15, 0.2) is 0 Å². The number of anilines is 1. The molecular formula is C33H40ClN3O6S. The summed E-state index contributed by atoms with van der Waals surface area (Å²) in [5, 5.41) is 3.59. The molecule has 1 N–H and O–H groups in total. The molecule has 0 aliphatic heterocycles. The van der Waals surface area contributed by atoms with Crippen LogP contribution in [-0.4, -0.2) is 58.0 Å². The molecule has 0 saturated heterocycles. The normalized spacial score (nSPS) is 14.4. The van der Waals surface area contributed by atoms with Crippen molar-refractivity contribution in [2.75, 3.05) is 25.1 Å². The maximum absolute atomic E-state index is 14.4. The van der Waals surface area contributed by atoms with Crippen molar-refractivity contribution in [2.45, 2.75) is 69.0 Å². The van der Waals surface area contributed by atoms with Crippen LogP contribution in [0.1, 0.15) is 51.0 Å². The highest BCUT2D eigenvalue weighted by atomic mass is 35.5. The molecule has 0 radical (unpaired) electrons. The number of benzene rings is 3. The molecule has 3 aromatic rings. The first kappa shape index (κ1) is 33.1. The fourth-order valence-electron chi connectivity index (χ4n) is 5.50. The average molecular weight is 642 g/mol. The van der Waals surface area contributed by atoms with Gasteiger partial charge in [0.2, 0.25) is 11.8 Å². The van der Waals surface area contributed by atoms with Gasteiger partial charge in [-0.1, -0.05) is 74.2 Å². The lowest BCUT2D eigenvalue weighted by atomic mass is 9.95. The largest absolute Gasteiger partial charge is 0.497 e. The molecule has 1 aliphatic rings. The van der Waals surface area contributed by atoms with Gasteiger partial charge in [0.05, 0.1) is 24.8 Å². The van der Waals surface area contributed by atoms with Gasteiger partial charge in [-0.3, -0.25) is 13.9 Å². The SMILES string of the molecule is CC[C@@H](C(=O)NC1CCCCC1)N(Cc1ccccc1Cl)C(=O)CN(c1cc(OC)ccc1OC)S(=O)(=O)c1ccccc1. The van der Waals surface area contributed by atoms with Crippen molar-refractivity contribution in [2.24, 2.45) is 0 Å². The molecule has 44 heavy (non-hydrogen) atoms. The van der Waals surface area contributed by atoms with E-state index in [1.807, 2.05) is 6.92 Å². The molecule has 0 unspecified atom stereocenters. The Morgan fingerprint density at radius 1 is 0.955 bits per heavy atom. The quantitative estimate of drug-likeness (QED) is 0.253. The van der Waals surface area contributed by atoms with Crippen molar-refractivity contribution in [3.05, 3.63) is 83.4 Å². The van der Waals surface area contributed by atoms with E-state index in [0.717, 1.165) is 36.4 Å². The fraction of sp³-hybridized carbons (Fsp3) is 0.394. The summed E-state index contributed by atoms with van der Waals surface area (Å²) in [6.45, 7) is 1.25. The van der Waals surface area contributed by atoms with E-state index in [2.05, 4.69) is 5.32 Å². The van der Waals surface area contributed by atoms with Gasteiger partial charge in [-0.2, -0.15) is 0 Å². The highest BCUT2D eigenvalue weighted by Gasteiger charge is 2.35. The Labute approximate surface area is 265 Å². The van der Waals surface area contributed by atoms with E-state index in [4.69, 9.17) is 21.1 Å². The molecule has 236 valence electrons. The summed E-state index contributed by atoms with van der Waals surface area (Å²) in [4.78, 5) is 29.5. The number of nitrogens with one attached hydrogen (secondary N) is 1. The summed E-state index contributed by atoms with van der Waals surface area (Å²) < 4.78 is 40.3. The van der Waals surface area contributed by atoms with Crippen LogP contribution in [0, 0.1) is 0 Å². The summed E-state index contributed by atoms with van der Waals surface area (Å²) in [6, 6.07) is 18.9. The second-order valence-corrected chi connectivity index (χ2v) is 13.0. The smallest absolute Gasteiger partial charge is 0.264 e. The summed E-state index contributed by atoms with van der Waals surface area (Å²) in [5.41, 5.74) is 0.768. The van der Waals surface area contributed by atoms with Gasteiger partial charge in [0.1, 0.15) is 24.1 Å². The number of rotatable bonds is 13. The molecule has 0 spiro atoms. The molecule has 1 saturated carbocycles. The zero-order valence-electron chi connectivity index (χ0n) is 25.4. The lowest BCUT2D eigenvalue weighted by molar-refractivity contribution is -0.140. The monoisotopic (exact) mass is 641 g/mol. The standard InChI is InChI=1S/C33H40ClN3O6S/c1-4-29(33(39)35-25-14-7-5-8-15-25)36(22-24-13-11-12-18-28(24)34)32(38)23-37(44(40,41)27-16-9-6-10-17-27)30-21-26(42-2)19-20-31(30)43-3/h6,9-13,16-21,25,29H,4-5,7-8,14-15,22-23H2,1-3H3,(H,35,39)/t29-/m0/s1. The van der Waals surface area contributed by atoms with E-state index < -0.39 is 28.5 Å². The molecule has 0 heterocycles. The van der Waals surface area contributed by atoms with Gasteiger partial charge in [-0.15, -0.1) is 0 Å². The summed E-state index contributed by atoms with van der Waals surface area (Å²) in [6.07, 6.45) is 5.32. The van der Waals surface area contributed by atoms with Crippen LogP contribution < -0.4 is 19.1 Å². The summed E-state index contributed by atoms with van der Waals surface area (Å²) in [5.74, 6) is -0.221. The van der Waals surface area contributed by atoms with E-state index in [1.54, 1.807) is 54.6 Å². The van der Waals surface area contributed by atoms with Gasteiger partial charge >= 0.3 is 0 Å². The lowest BCUT2D eigenvalue weighted by Gasteiger charge is -2.35. The third-order valence-corrected chi connectivity index (χ3v) is 10.0. The van der Waals surface area contributed by atoms with Gasteiger partial charge in [0.25, 0.3) is 10.0 Å². The molecular weight excluding hydrogens is 602 g/mol. The number of sulfonamides is 1. The van der Waals surface area contributed by atoms with Crippen molar-refractivity contribution in [3.8, 4) is 11.5 Å². The van der Waals surface area contributed by atoms with E-state index in [9.17, 15) is 18.0 Å². The van der Waals surface area contributed by atoms with Gasteiger partial charge < -0.3 is 19.7 Å². The zero-order valence-corrected chi connectivity index (χ0v) is 26.9. The number of methoxy groups -OCH3 is 2. The predicted octanol–water partition coefficient (Wildman–Crippen LogP) is 5.81. The average Bonchev–Trinajstić information content (AvgIpc) is 3.04. The van der Waals surface area contributed by atoms with Crippen LogP contribution in [0.5, 0.6) is 11.5 Å². The van der Waals surface area contributed by atoms with Crippen molar-refractivity contribution in [1.82, 2.24) is 10.2 Å². The van der Waals surface area contributed by atoms with Crippen molar-refractivity contribution in [3.63, 3.8) is 0 Å². The third kappa shape index (κ3) is 7.84. The first-order chi connectivity index (χ1) is 21.2. The predicted molar refractivity (Wildman–Crippen MR) is 172 cm³/mol. The van der Waals surface area contributed by atoms with Crippen LogP contribution in [-0.2, 0) is 26.2 Å². The number of carbonyl (C=O) groups excluding carboxylic acids is 2. The first-order valence-corrected chi connectivity index (χ1v) is 16.6. The first-order valence-electron chi connectivity index (χ1n) is 14.8. The van der Waals surface area contributed by atoms with Crippen molar-refractivity contribution < 1.29 is 27.5 Å². The Bertz CT molecular complexity index is 1530. The van der Waals surface area contributed by atoms with Gasteiger partial charge in [-0.05, 0) is 55.2 Å². The number of hydrogen-bond acceptors (Lipinski definition) is 6. The number of hydrogen-bond donors (Lipinski definition) is 1. The zero-order chi connectivity index (χ0) is 31.7. The Morgan fingerprint density at radius 2 is 1.64 bits per heavy atom.